The molecule has 180 valence electrons. The quantitative estimate of drug-likeness (QED) is 0.452. The second kappa shape index (κ2) is 10.2. The fourth-order valence-electron chi connectivity index (χ4n) is 4.16. The SMILES string of the molecule is CCN1CCN(c2nc3c(C)cccn3c(=O)c2C=C2SC(=S)N(CCCC(=O)O)C2=O)CC1. The second-order valence-electron chi connectivity index (χ2n) is 8.29. The summed E-state index contributed by atoms with van der Waals surface area (Å²) >= 11 is 6.50. The maximum atomic E-state index is 13.6. The van der Waals surface area contributed by atoms with Crippen molar-refractivity contribution in [2.45, 2.75) is 26.7 Å². The normalized spacial score (nSPS) is 18.5. The highest BCUT2D eigenvalue weighted by Crippen LogP contribution is 2.34. The van der Waals surface area contributed by atoms with Crippen molar-refractivity contribution in [2.75, 3.05) is 44.2 Å². The molecule has 2 fully saturated rings. The molecule has 9 nitrogen and oxygen atoms in total. The molecule has 4 heterocycles. The van der Waals surface area contributed by atoms with E-state index in [-0.39, 0.29) is 24.4 Å². The minimum absolute atomic E-state index is 0.0424. The van der Waals surface area contributed by atoms with Gasteiger partial charge in [-0.15, -0.1) is 0 Å². The number of pyridine rings is 1. The van der Waals surface area contributed by atoms with Crippen molar-refractivity contribution in [3.05, 3.63) is 44.7 Å². The molecular weight excluding hydrogens is 474 g/mol. The van der Waals surface area contributed by atoms with Crippen LogP contribution >= 0.6 is 24.0 Å². The molecule has 0 unspecified atom stereocenters. The minimum atomic E-state index is -0.917. The third kappa shape index (κ3) is 4.86. The average molecular weight is 502 g/mol. The molecular formula is C23H27N5O4S2. The molecule has 4 rings (SSSR count). The van der Waals surface area contributed by atoms with Gasteiger partial charge < -0.3 is 14.9 Å². The van der Waals surface area contributed by atoms with E-state index >= 15 is 0 Å². The highest BCUT2D eigenvalue weighted by molar-refractivity contribution is 8.26. The van der Waals surface area contributed by atoms with E-state index in [9.17, 15) is 14.4 Å². The number of aromatic nitrogens is 2. The Morgan fingerprint density at radius 3 is 2.68 bits per heavy atom. The van der Waals surface area contributed by atoms with E-state index in [0.29, 0.717) is 32.7 Å². The molecule has 2 aliphatic heterocycles. The van der Waals surface area contributed by atoms with Crippen LogP contribution in [-0.2, 0) is 9.59 Å². The first-order chi connectivity index (χ1) is 16.3. The number of rotatable bonds is 7. The van der Waals surface area contributed by atoms with E-state index in [4.69, 9.17) is 22.3 Å². The van der Waals surface area contributed by atoms with Crippen molar-refractivity contribution in [3.8, 4) is 0 Å². The number of carbonyl (C=O) groups excluding carboxylic acids is 1. The highest BCUT2D eigenvalue weighted by Gasteiger charge is 2.33. The summed E-state index contributed by atoms with van der Waals surface area (Å²) in [7, 11) is 0. The molecule has 2 aromatic heterocycles. The van der Waals surface area contributed by atoms with Gasteiger partial charge in [-0.3, -0.25) is 23.7 Å². The van der Waals surface area contributed by atoms with Gasteiger partial charge >= 0.3 is 5.97 Å². The van der Waals surface area contributed by atoms with Crippen LogP contribution < -0.4 is 10.5 Å². The van der Waals surface area contributed by atoms with Crippen molar-refractivity contribution >= 4 is 57.7 Å². The first-order valence-electron chi connectivity index (χ1n) is 11.3. The lowest BCUT2D eigenvalue weighted by Crippen LogP contribution is -2.47. The van der Waals surface area contributed by atoms with E-state index < -0.39 is 5.97 Å². The van der Waals surface area contributed by atoms with Crippen LogP contribution in [0.1, 0.15) is 30.9 Å². The number of anilines is 1. The summed E-state index contributed by atoms with van der Waals surface area (Å²) < 4.78 is 1.88. The van der Waals surface area contributed by atoms with E-state index in [2.05, 4.69) is 16.7 Å². The van der Waals surface area contributed by atoms with E-state index in [0.717, 1.165) is 50.0 Å². The standard InChI is InChI=1S/C23H27N5O4S2/c1-3-25-10-12-26(13-11-25)20-16(21(31)27-8-4-6-15(2)19(27)24-20)14-17-22(32)28(23(33)34-17)9-5-7-18(29)30/h4,6,8,14H,3,5,7,9-13H2,1-2H3,(H,29,30). The van der Waals surface area contributed by atoms with Gasteiger partial charge in [0.15, 0.2) is 0 Å². The molecule has 0 aromatic carbocycles. The number of likely N-dealkylation sites (N-methyl/N-ethyl adjacent to an activating group) is 1. The molecule has 0 atom stereocenters. The largest absolute Gasteiger partial charge is 0.481 e. The molecule has 0 aliphatic carbocycles. The molecule has 2 saturated heterocycles. The lowest BCUT2D eigenvalue weighted by atomic mass is 10.2. The Morgan fingerprint density at radius 1 is 1.26 bits per heavy atom. The molecule has 2 aromatic rings. The smallest absolute Gasteiger partial charge is 0.303 e. The summed E-state index contributed by atoms with van der Waals surface area (Å²) in [6, 6.07) is 3.72. The summed E-state index contributed by atoms with van der Waals surface area (Å²) in [6.45, 7) is 8.46. The van der Waals surface area contributed by atoms with Crippen LogP contribution in [-0.4, -0.2) is 79.8 Å². The zero-order valence-corrected chi connectivity index (χ0v) is 20.8. The maximum Gasteiger partial charge on any atom is 0.303 e. The average Bonchev–Trinajstić information content (AvgIpc) is 3.08. The number of aryl methyl sites for hydroxylation is 1. The van der Waals surface area contributed by atoms with Crippen molar-refractivity contribution in [1.82, 2.24) is 19.2 Å². The van der Waals surface area contributed by atoms with Crippen LogP contribution in [0.3, 0.4) is 0 Å². The fraction of sp³-hybridized carbons (Fsp3) is 0.435. The third-order valence-electron chi connectivity index (χ3n) is 6.10. The Balaban J connectivity index is 1.74. The predicted octanol–water partition coefficient (Wildman–Crippen LogP) is 2.21. The zero-order chi connectivity index (χ0) is 24.4. The number of aliphatic carboxylic acids is 1. The molecule has 0 spiro atoms. The lowest BCUT2D eigenvalue weighted by Gasteiger charge is -2.35. The van der Waals surface area contributed by atoms with Crippen LogP contribution in [0, 0.1) is 6.92 Å². The van der Waals surface area contributed by atoms with Crippen molar-refractivity contribution < 1.29 is 14.7 Å². The molecule has 0 radical (unpaired) electrons. The number of thiocarbonyl (C=S) groups is 1. The first kappa shape index (κ1) is 24.4. The molecule has 1 N–H and O–H groups in total. The van der Waals surface area contributed by atoms with Gasteiger partial charge in [0.25, 0.3) is 11.5 Å². The van der Waals surface area contributed by atoms with Gasteiger partial charge in [-0.05, 0) is 37.6 Å². The van der Waals surface area contributed by atoms with Gasteiger partial charge in [0.2, 0.25) is 0 Å². The summed E-state index contributed by atoms with van der Waals surface area (Å²) in [5.41, 5.74) is 1.61. The number of carboxylic acid groups (broad SMARTS) is 1. The maximum absolute atomic E-state index is 13.6. The lowest BCUT2D eigenvalue weighted by molar-refractivity contribution is -0.137. The summed E-state index contributed by atoms with van der Waals surface area (Å²) in [6.07, 6.45) is 3.55. The highest BCUT2D eigenvalue weighted by atomic mass is 32.2. The Kier molecular flexibility index (Phi) is 7.34. The van der Waals surface area contributed by atoms with E-state index in [1.165, 1.54) is 9.30 Å². The number of thioether (sulfide) groups is 1. The number of amides is 1. The van der Waals surface area contributed by atoms with Gasteiger partial charge in [-0.1, -0.05) is 37.0 Å². The number of carboxylic acids is 1. The number of carbonyl (C=O) groups is 2. The summed E-state index contributed by atoms with van der Waals surface area (Å²) in [4.78, 5) is 48.5. The Labute approximate surface area is 207 Å². The van der Waals surface area contributed by atoms with Crippen LogP contribution in [0.15, 0.2) is 28.0 Å². The van der Waals surface area contributed by atoms with Crippen molar-refractivity contribution in [2.24, 2.45) is 0 Å². The number of piperazine rings is 1. The Morgan fingerprint density at radius 2 is 2.00 bits per heavy atom. The van der Waals surface area contributed by atoms with Crippen LogP contribution in [0.25, 0.3) is 11.7 Å². The van der Waals surface area contributed by atoms with Gasteiger partial charge in [0, 0.05) is 45.3 Å². The minimum Gasteiger partial charge on any atom is -0.481 e. The van der Waals surface area contributed by atoms with Gasteiger partial charge in [0.05, 0.1) is 10.5 Å². The Bertz CT molecular complexity index is 1230. The molecule has 2 aliphatic rings. The molecule has 1 amide bonds. The number of hydrogen-bond donors (Lipinski definition) is 1. The molecule has 0 saturated carbocycles. The van der Waals surface area contributed by atoms with E-state index in [1.54, 1.807) is 18.3 Å². The number of hydrogen-bond acceptors (Lipinski definition) is 8. The van der Waals surface area contributed by atoms with Crippen molar-refractivity contribution in [1.29, 1.82) is 0 Å². The van der Waals surface area contributed by atoms with Gasteiger partial charge in [-0.2, -0.15) is 0 Å². The number of nitrogens with zero attached hydrogens (tertiary/aromatic N) is 5. The van der Waals surface area contributed by atoms with E-state index in [1.807, 2.05) is 13.0 Å². The van der Waals surface area contributed by atoms with Crippen LogP contribution in [0.5, 0.6) is 0 Å². The fourth-order valence-corrected chi connectivity index (χ4v) is 5.45. The molecule has 11 heteroatoms. The second-order valence-corrected chi connectivity index (χ2v) is 9.97. The molecule has 34 heavy (non-hydrogen) atoms. The summed E-state index contributed by atoms with van der Waals surface area (Å²) in [5.74, 6) is -0.651. The van der Waals surface area contributed by atoms with Crippen LogP contribution in [0.2, 0.25) is 0 Å². The van der Waals surface area contributed by atoms with Crippen LogP contribution in [0.4, 0.5) is 5.82 Å². The summed E-state index contributed by atoms with van der Waals surface area (Å²) in [5, 5.41) is 8.88. The molecule has 0 bridgehead atoms. The topological polar surface area (TPSA) is 98.5 Å². The zero-order valence-electron chi connectivity index (χ0n) is 19.2. The first-order valence-corrected chi connectivity index (χ1v) is 12.5. The third-order valence-corrected chi connectivity index (χ3v) is 7.48. The monoisotopic (exact) mass is 501 g/mol. The predicted molar refractivity (Wildman–Crippen MR) is 137 cm³/mol. The van der Waals surface area contributed by atoms with Gasteiger partial charge in [0.1, 0.15) is 15.8 Å². The Hall–Kier alpha value is -2.76. The van der Waals surface area contributed by atoms with Gasteiger partial charge in [-0.25, -0.2) is 4.98 Å². The number of fused-ring (bicyclic) bond motifs is 1. The van der Waals surface area contributed by atoms with Crippen molar-refractivity contribution in [3.63, 3.8) is 0 Å².